The Morgan fingerprint density at radius 1 is 1.39 bits per heavy atom. The number of sulfonamides is 1. The second-order valence-electron chi connectivity index (χ2n) is 5.75. The molecule has 2 aromatic rings. The van der Waals surface area contributed by atoms with Crippen LogP contribution in [0.3, 0.4) is 0 Å². The third-order valence-corrected chi connectivity index (χ3v) is 4.97. The number of halogens is 1. The minimum absolute atomic E-state index is 0.0442. The number of aryl methyl sites for hydroxylation is 1. The Bertz CT molecular complexity index is 808. The van der Waals surface area contributed by atoms with E-state index in [-0.39, 0.29) is 16.5 Å². The lowest BCUT2D eigenvalue weighted by Crippen LogP contribution is -2.13. The molecule has 1 saturated carbocycles. The molecule has 0 radical (unpaired) electrons. The molecule has 3 rings (SSSR count). The first-order chi connectivity index (χ1) is 10.9. The van der Waals surface area contributed by atoms with Crippen LogP contribution in [-0.4, -0.2) is 23.1 Å². The van der Waals surface area contributed by atoms with Crippen LogP contribution >= 0.6 is 0 Å². The monoisotopic (exact) mass is 339 g/mol. The number of phenols is 1. The Morgan fingerprint density at radius 3 is 2.74 bits per heavy atom. The number of hydrogen-bond donors (Lipinski definition) is 2. The van der Waals surface area contributed by atoms with Crippen LogP contribution in [-0.2, 0) is 23.0 Å². The van der Waals surface area contributed by atoms with Crippen molar-refractivity contribution in [3.8, 4) is 5.75 Å². The van der Waals surface area contributed by atoms with Crippen LogP contribution in [0.25, 0.3) is 0 Å². The molecule has 124 valence electrons. The minimum atomic E-state index is -3.93. The van der Waals surface area contributed by atoms with E-state index < -0.39 is 15.8 Å². The number of rotatable bonds is 6. The molecule has 6 nitrogen and oxygen atoms in total. The molecule has 0 saturated heterocycles. The molecule has 0 bridgehead atoms. The van der Waals surface area contributed by atoms with Gasteiger partial charge in [-0.3, -0.25) is 4.72 Å². The van der Waals surface area contributed by atoms with Gasteiger partial charge in [0.25, 0.3) is 10.0 Å². The zero-order chi connectivity index (χ0) is 16.6. The first-order valence-electron chi connectivity index (χ1n) is 7.46. The molecule has 2 N–H and O–H groups in total. The van der Waals surface area contributed by atoms with Gasteiger partial charge in [0.1, 0.15) is 17.4 Å². The van der Waals surface area contributed by atoms with Crippen molar-refractivity contribution in [3.63, 3.8) is 0 Å². The molecule has 1 aromatic heterocycles. The van der Waals surface area contributed by atoms with Crippen molar-refractivity contribution in [2.45, 2.75) is 37.8 Å². The molecule has 1 heterocycles. The summed E-state index contributed by atoms with van der Waals surface area (Å²) in [6.45, 7) is 2.69. The predicted octanol–water partition coefficient (Wildman–Crippen LogP) is 2.50. The van der Waals surface area contributed by atoms with Crippen molar-refractivity contribution >= 4 is 15.7 Å². The second kappa shape index (κ2) is 5.84. The molecule has 1 fully saturated rings. The average molecular weight is 339 g/mol. The summed E-state index contributed by atoms with van der Waals surface area (Å²) in [7, 11) is -3.93. The quantitative estimate of drug-likeness (QED) is 0.847. The molecular formula is C15H18FN3O3S. The van der Waals surface area contributed by atoms with Gasteiger partial charge in [-0.05, 0) is 24.8 Å². The van der Waals surface area contributed by atoms with Crippen LogP contribution in [0.1, 0.15) is 25.6 Å². The molecule has 0 amide bonds. The van der Waals surface area contributed by atoms with Crippen LogP contribution in [0.4, 0.5) is 10.1 Å². The van der Waals surface area contributed by atoms with Crippen LogP contribution < -0.4 is 4.72 Å². The lowest BCUT2D eigenvalue weighted by molar-refractivity contribution is 0.469. The Balaban J connectivity index is 1.87. The zero-order valence-electron chi connectivity index (χ0n) is 12.7. The molecule has 1 aliphatic carbocycles. The number of anilines is 1. The highest BCUT2D eigenvalue weighted by molar-refractivity contribution is 7.92. The van der Waals surface area contributed by atoms with E-state index >= 15 is 0 Å². The fourth-order valence-electron chi connectivity index (χ4n) is 2.42. The van der Waals surface area contributed by atoms with E-state index in [0.717, 1.165) is 37.6 Å². The van der Waals surface area contributed by atoms with Crippen molar-refractivity contribution in [2.75, 3.05) is 4.72 Å². The summed E-state index contributed by atoms with van der Waals surface area (Å²) in [5.41, 5.74) is -0.0442. The molecule has 0 spiro atoms. The highest BCUT2D eigenvalue weighted by Gasteiger charge is 2.25. The SMILES string of the molecule is CCc1nc(S(=O)(=O)Nc2cc(O)cc(F)c2)cn1CC1CC1. The normalized spacial score (nSPS) is 14.9. The molecule has 0 unspecified atom stereocenters. The van der Waals surface area contributed by atoms with Gasteiger partial charge in [0.2, 0.25) is 0 Å². The van der Waals surface area contributed by atoms with E-state index in [4.69, 9.17) is 0 Å². The van der Waals surface area contributed by atoms with Crippen molar-refractivity contribution in [2.24, 2.45) is 5.92 Å². The summed E-state index contributed by atoms with van der Waals surface area (Å²) in [5.74, 6) is 0.227. The fraction of sp³-hybridized carbons (Fsp3) is 0.400. The number of aromatic nitrogens is 2. The van der Waals surface area contributed by atoms with Gasteiger partial charge in [-0.15, -0.1) is 0 Å². The summed E-state index contributed by atoms with van der Waals surface area (Å²) in [4.78, 5) is 4.18. The molecule has 8 heteroatoms. The highest BCUT2D eigenvalue weighted by Crippen LogP contribution is 2.31. The second-order valence-corrected chi connectivity index (χ2v) is 7.38. The molecule has 0 atom stereocenters. The standard InChI is InChI=1S/C15H18FN3O3S/c1-2-14-17-15(9-19(14)8-10-3-4-10)23(21,22)18-12-5-11(16)6-13(20)7-12/h5-7,9-10,18,20H,2-4,8H2,1H3. The van der Waals surface area contributed by atoms with Gasteiger partial charge < -0.3 is 9.67 Å². The summed E-state index contributed by atoms with van der Waals surface area (Å²) in [6.07, 6.45) is 4.45. The zero-order valence-corrected chi connectivity index (χ0v) is 13.5. The van der Waals surface area contributed by atoms with Gasteiger partial charge in [-0.1, -0.05) is 6.92 Å². The smallest absolute Gasteiger partial charge is 0.280 e. The van der Waals surface area contributed by atoms with E-state index in [0.29, 0.717) is 18.2 Å². The van der Waals surface area contributed by atoms with Crippen molar-refractivity contribution < 1.29 is 17.9 Å². The molecular weight excluding hydrogens is 321 g/mol. The van der Waals surface area contributed by atoms with E-state index in [2.05, 4.69) is 9.71 Å². The number of nitrogens with zero attached hydrogens (tertiary/aromatic N) is 2. The van der Waals surface area contributed by atoms with E-state index in [1.807, 2.05) is 11.5 Å². The number of nitrogens with one attached hydrogen (secondary N) is 1. The van der Waals surface area contributed by atoms with E-state index in [9.17, 15) is 17.9 Å². The lowest BCUT2D eigenvalue weighted by atomic mass is 10.3. The third-order valence-electron chi connectivity index (χ3n) is 3.72. The fourth-order valence-corrected chi connectivity index (χ4v) is 3.44. The topological polar surface area (TPSA) is 84.2 Å². The van der Waals surface area contributed by atoms with E-state index in [1.54, 1.807) is 0 Å². The maximum absolute atomic E-state index is 13.3. The maximum atomic E-state index is 13.3. The summed E-state index contributed by atoms with van der Waals surface area (Å²) >= 11 is 0. The number of imidazole rings is 1. The first-order valence-corrected chi connectivity index (χ1v) is 8.94. The van der Waals surface area contributed by atoms with Gasteiger partial charge in [0.15, 0.2) is 5.03 Å². The Labute approximate surface area is 134 Å². The van der Waals surface area contributed by atoms with Crippen LogP contribution in [0.2, 0.25) is 0 Å². The Kier molecular flexibility index (Phi) is 4.01. The lowest BCUT2D eigenvalue weighted by Gasteiger charge is -2.06. The van der Waals surface area contributed by atoms with Gasteiger partial charge in [-0.25, -0.2) is 9.37 Å². The van der Waals surface area contributed by atoms with Crippen LogP contribution in [0.5, 0.6) is 5.75 Å². The van der Waals surface area contributed by atoms with Crippen LogP contribution in [0.15, 0.2) is 29.4 Å². The maximum Gasteiger partial charge on any atom is 0.280 e. The minimum Gasteiger partial charge on any atom is -0.508 e. The van der Waals surface area contributed by atoms with Gasteiger partial charge in [0.05, 0.1) is 5.69 Å². The predicted molar refractivity (Wildman–Crippen MR) is 83.2 cm³/mol. The van der Waals surface area contributed by atoms with Gasteiger partial charge >= 0.3 is 0 Å². The number of phenolic OH excluding ortho intramolecular Hbond substituents is 1. The Morgan fingerprint density at radius 2 is 2.13 bits per heavy atom. The van der Waals surface area contributed by atoms with Gasteiger partial charge in [0, 0.05) is 31.3 Å². The largest absolute Gasteiger partial charge is 0.508 e. The third kappa shape index (κ3) is 3.64. The molecule has 23 heavy (non-hydrogen) atoms. The summed E-state index contributed by atoms with van der Waals surface area (Å²) in [6, 6.07) is 3.04. The van der Waals surface area contributed by atoms with Crippen molar-refractivity contribution in [1.29, 1.82) is 0 Å². The van der Waals surface area contributed by atoms with Crippen molar-refractivity contribution in [3.05, 3.63) is 36.0 Å². The number of aromatic hydroxyl groups is 1. The molecule has 0 aliphatic heterocycles. The first kappa shape index (κ1) is 15.8. The van der Waals surface area contributed by atoms with E-state index in [1.165, 1.54) is 6.20 Å². The van der Waals surface area contributed by atoms with Crippen LogP contribution in [0, 0.1) is 11.7 Å². The average Bonchev–Trinajstić information content (AvgIpc) is 3.14. The summed E-state index contributed by atoms with van der Waals surface area (Å²) < 4.78 is 42.2. The van der Waals surface area contributed by atoms with Gasteiger partial charge in [-0.2, -0.15) is 8.42 Å². The number of benzene rings is 1. The molecule has 1 aliphatic rings. The number of hydrogen-bond acceptors (Lipinski definition) is 4. The summed E-state index contributed by atoms with van der Waals surface area (Å²) in [5, 5.41) is 9.26. The molecule has 1 aromatic carbocycles. The van der Waals surface area contributed by atoms with Crippen molar-refractivity contribution in [1.82, 2.24) is 9.55 Å². The highest BCUT2D eigenvalue weighted by atomic mass is 32.2. The Hall–Kier alpha value is -2.09.